The molecule has 3 heteroatoms. The molecule has 0 aliphatic rings. The van der Waals surface area contributed by atoms with E-state index < -0.39 is 0 Å². The highest BCUT2D eigenvalue weighted by molar-refractivity contribution is 5.03. The van der Waals surface area contributed by atoms with E-state index in [0.29, 0.717) is 6.54 Å². The molecule has 0 saturated carbocycles. The third-order valence-electron chi connectivity index (χ3n) is 1.40. The molecule has 0 aliphatic carbocycles. The molecule has 0 aliphatic heterocycles. The van der Waals surface area contributed by atoms with Crippen LogP contribution in [-0.2, 0) is 12.0 Å². The number of nitrogens with zero attached hydrogens (tertiary/aromatic N) is 1. The Labute approximate surface area is 66.6 Å². The van der Waals surface area contributed by atoms with Gasteiger partial charge in [0.1, 0.15) is 6.26 Å². The van der Waals surface area contributed by atoms with Gasteiger partial charge < -0.3 is 10.2 Å². The van der Waals surface area contributed by atoms with Crippen LogP contribution in [0.4, 0.5) is 0 Å². The quantitative estimate of drug-likeness (QED) is 0.665. The Kier molecular flexibility index (Phi) is 2.00. The highest BCUT2D eigenvalue weighted by atomic mass is 16.3. The second-order valence-electron chi connectivity index (χ2n) is 3.60. The van der Waals surface area contributed by atoms with Crippen LogP contribution in [0.1, 0.15) is 32.4 Å². The maximum absolute atomic E-state index is 5.38. The average molecular weight is 154 g/mol. The van der Waals surface area contributed by atoms with Crippen molar-refractivity contribution in [2.45, 2.75) is 32.7 Å². The molecule has 1 aromatic rings. The molecule has 2 N–H and O–H groups in total. The van der Waals surface area contributed by atoms with Gasteiger partial charge >= 0.3 is 0 Å². The van der Waals surface area contributed by atoms with Crippen LogP contribution in [0.2, 0.25) is 0 Å². The lowest BCUT2D eigenvalue weighted by molar-refractivity contribution is 0.392. The summed E-state index contributed by atoms with van der Waals surface area (Å²) < 4.78 is 5.23. The first kappa shape index (κ1) is 8.27. The summed E-state index contributed by atoms with van der Waals surface area (Å²) in [6.07, 6.45) is 1.61. The van der Waals surface area contributed by atoms with Crippen LogP contribution in [-0.4, -0.2) is 4.98 Å². The summed E-state index contributed by atoms with van der Waals surface area (Å²) >= 11 is 0. The van der Waals surface area contributed by atoms with Crippen molar-refractivity contribution in [3.05, 3.63) is 17.8 Å². The molecule has 0 saturated heterocycles. The van der Waals surface area contributed by atoms with E-state index in [4.69, 9.17) is 10.2 Å². The summed E-state index contributed by atoms with van der Waals surface area (Å²) in [5, 5.41) is 0. The fourth-order valence-electron chi connectivity index (χ4n) is 0.745. The molecule has 11 heavy (non-hydrogen) atoms. The molecule has 0 bridgehead atoms. The second-order valence-corrected chi connectivity index (χ2v) is 3.60. The monoisotopic (exact) mass is 154 g/mol. The SMILES string of the molecule is CC(C)(C)c1nc(CN)co1. The molecule has 0 atom stereocenters. The van der Waals surface area contributed by atoms with Crippen LogP contribution in [0.5, 0.6) is 0 Å². The van der Waals surface area contributed by atoms with Crippen LogP contribution < -0.4 is 5.73 Å². The number of oxazole rings is 1. The first-order chi connectivity index (χ1) is 5.04. The standard InChI is InChI=1S/C8H14N2O/c1-8(2,3)7-10-6(4-9)5-11-7/h5H,4,9H2,1-3H3. The fourth-order valence-corrected chi connectivity index (χ4v) is 0.745. The van der Waals surface area contributed by atoms with Gasteiger partial charge in [-0.1, -0.05) is 20.8 Å². The Balaban J connectivity index is 2.89. The largest absolute Gasteiger partial charge is 0.448 e. The van der Waals surface area contributed by atoms with Gasteiger partial charge in [0.15, 0.2) is 5.89 Å². The van der Waals surface area contributed by atoms with E-state index in [2.05, 4.69) is 25.8 Å². The van der Waals surface area contributed by atoms with Gasteiger partial charge in [-0.05, 0) is 0 Å². The molecule has 0 fully saturated rings. The fraction of sp³-hybridized carbons (Fsp3) is 0.625. The Bertz CT molecular complexity index is 234. The van der Waals surface area contributed by atoms with Crippen LogP contribution in [0, 0.1) is 0 Å². The van der Waals surface area contributed by atoms with Gasteiger partial charge in [-0.3, -0.25) is 0 Å². The lowest BCUT2D eigenvalue weighted by Gasteiger charge is -2.11. The van der Waals surface area contributed by atoms with E-state index in [1.54, 1.807) is 6.26 Å². The van der Waals surface area contributed by atoms with Gasteiger partial charge in [0, 0.05) is 12.0 Å². The topological polar surface area (TPSA) is 52.0 Å². The zero-order valence-electron chi connectivity index (χ0n) is 7.22. The van der Waals surface area contributed by atoms with E-state index in [1.165, 1.54) is 0 Å². The van der Waals surface area contributed by atoms with E-state index in [9.17, 15) is 0 Å². The van der Waals surface area contributed by atoms with E-state index in [-0.39, 0.29) is 5.41 Å². The molecular formula is C8H14N2O. The van der Waals surface area contributed by atoms with Crippen molar-refractivity contribution < 1.29 is 4.42 Å². The molecule has 1 heterocycles. The minimum atomic E-state index is -0.0204. The average Bonchev–Trinajstić information content (AvgIpc) is 2.32. The lowest BCUT2D eigenvalue weighted by atomic mass is 9.97. The zero-order chi connectivity index (χ0) is 8.48. The Morgan fingerprint density at radius 3 is 2.45 bits per heavy atom. The van der Waals surface area contributed by atoms with Gasteiger partial charge in [0.05, 0.1) is 5.69 Å². The van der Waals surface area contributed by atoms with Crippen molar-refractivity contribution in [2.24, 2.45) is 5.73 Å². The summed E-state index contributed by atoms with van der Waals surface area (Å²) in [5.41, 5.74) is 6.18. The summed E-state index contributed by atoms with van der Waals surface area (Å²) in [6, 6.07) is 0. The summed E-state index contributed by atoms with van der Waals surface area (Å²) in [4.78, 5) is 4.21. The Hall–Kier alpha value is -0.830. The van der Waals surface area contributed by atoms with E-state index in [1.807, 2.05) is 0 Å². The Morgan fingerprint density at radius 2 is 2.18 bits per heavy atom. The van der Waals surface area contributed by atoms with Crippen LogP contribution >= 0.6 is 0 Å². The molecule has 0 aromatic carbocycles. The zero-order valence-corrected chi connectivity index (χ0v) is 7.22. The van der Waals surface area contributed by atoms with Crippen molar-refractivity contribution >= 4 is 0 Å². The van der Waals surface area contributed by atoms with E-state index in [0.717, 1.165) is 11.6 Å². The molecule has 1 rings (SSSR count). The third-order valence-corrected chi connectivity index (χ3v) is 1.40. The molecule has 0 radical (unpaired) electrons. The molecule has 3 nitrogen and oxygen atoms in total. The van der Waals surface area contributed by atoms with Crippen molar-refractivity contribution in [3.8, 4) is 0 Å². The van der Waals surface area contributed by atoms with Gasteiger partial charge in [0.25, 0.3) is 0 Å². The molecule has 62 valence electrons. The number of hydrogen-bond acceptors (Lipinski definition) is 3. The molecule has 0 amide bonds. The van der Waals surface area contributed by atoms with Crippen LogP contribution in [0.3, 0.4) is 0 Å². The number of hydrogen-bond donors (Lipinski definition) is 1. The molecule has 0 unspecified atom stereocenters. The molecular weight excluding hydrogens is 140 g/mol. The van der Waals surface area contributed by atoms with Gasteiger partial charge in [-0.2, -0.15) is 0 Å². The number of rotatable bonds is 1. The summed E-state index contributed by atoms with van der Waals surface area (Å²) in [6.45, 7) is 6.61. The third kappa shape index (κ3) is 1.80. The highest BCUT2D eigenvalue weighted by Crippen LogP contribution is 2.20. The van der Waals surface area contributed by atoms with Crippen molar-refractivity contribution in [3.63, 3.8) is 0 Å². The van der Waals surface area contributed by atoms with E-state index >= 15 is 0 Å². The van der Waals surface area contributed by atoms with Crippen molar-refractivity contribution in [1.29, 1.82) is 0 Å². The summed E-state index contributed by atoms with van der Waals surface area (Å²) in [5.74, 6) is 0.748. The first-order valence-corrected chi connectivity index (χ1v) is 3.69. The maximum Gasteiger partial charge on any atom is 0.199 e. The molecule has 0 spiro atoms. The summed E-state index contributed by atoms with van der Waals surface area (Å²) in [7, 11) is 0. The van der Waals surface area contributed by atoms with Crippen molar-refractivity contribution in [2.75, 3.05) is 0 Å². The minimum absolute atomic E-state index is 0.0204. The predicted octanol–water partition coefficient (Wildman–Crippen LogP) is 1.43. The number of nitrogens with two attached hydrogens (primary N) is 1. The minimum Gasteiger partial charge on any atom is -0.448 e. The Morgan fingerprint density at radius 1 is 1.55 bits per heavy atom. The van der Waals surface area contributed by atoms with Crippen LogP contribution in [0.15, 0.2) is 10.7 Å². The first-order valence-electron chi connectivity index (χ1n) is 3.69. The number of aromatic nitrogens is 1. The normalized spacial score (nSPS) is 12.0. The lowest BCUT2D eigenvalue weighted by Crippen LogP contribution is -2.11. The van der Waals surface area contributed by atoms with Crippen LogP contribution in [0.25, 0.3) is 0 Å². The van der Waals surface area contributed by atoms with Gasteiger partial charge in [-0.15, -0.1) is 0 Å². The predicted molar refractivity (Wildman–Crippen MR) is 43.1 cm³/mol. The highest BCUT2D eigenvalue weighted by Gasteiger charge is 2.19. The van der Waals surface area contributed by atoms with Crippen molar-refractivity contribution in [1.82, 2.24) is 4.98 Å². The van der Waals surface area contributed by atoms with Gasteiger partial charge in [0.2, 0.25) is 0 Å². The second kappa shape index (κ2) is 2.66. The molecule has 1 aromatic heterocycles. The smallest absolute Gasteiger partial charge is 0.199 e. The maximum atomic E-state index is 5.38. The van der Waals surface area contributed by atoms with Gasteiger partial charge in [-0.25, -0.2) is 4.98 Å².